The van der Waals surface area contributed by atoms with Crippen LogP contribution >= 0.6 is 0 Å². The molecule has 2 aromatic rings. The molecule has 2 heterocycles. The van der Waals surface area contributed by atoms with Gasteiger partial charge in [0.15, 0.2) is 0 Å². The molecule has 4 heteroatoms. The van der Waals surface area contributed by atoms with Crippen LogP contribution in [0.15, 0.2) is 60.7 Å². The highest BCUT2D eigenvalue weighted by Gasteiger charge is 2.69. The van der Waals surface area contributed by atoms with Crippen LogP contribution in [0, 0.1) is 22.7 Å². The molecule has 3 fully saturated rings. The van der Waals surface area contributed by atoms with E-state index in [1.54, 1.807) is 6.92 Å². The third-order valence-corrected chi connectivity index (χ3v) is 6.45. The Morgan fingerprint density at radius 1 is 1.07 bits per heavy atom. The van der Waals surface area contributed by atoms with Gasteiger partial charge in [-0.3, -0.25) is 9.59 Å². The number of benzene rings is 2. The van der Waals surface area contributed by atoms with E-state index in [0.29, 0.717) is 6.42 Å². The predicted molar refractivity (Wildman–Crippen MR) is 102 cm³/mol. The molecule has 2 bridgehead atoms. The summed E-state index contributed by atoms with van der Waals surface area (Å²) in [5, 5.41) is 13.4. The van der Waals surface area contributed by atoms with Crippen LogP contribution in [0.5, 0.6) is 0 Å². The van der Waals surface area contributed by atoms with Gasteiger partial charge >= 0.3 is 0 Å². The summed E-state index contributed by atoms with van der Waals surface area (Å²) in [5.41, 5.74) is -0.136. The largest absolute Gasteiger partial charge is 0.349 e. The number of nitrogens with one attached hydrogen (secondary N) is 1. The molecule has 3 aliphatic rings. The van der Waals surface area contributed by atoms with Gasteiger partial charge < -0.3 is 5.32 Å². The lowest BCUT2D eigenvalue weighted by molar-refractivity contribution is -0.153. The summed E-state index contributed by atoms with van der Waals surface area (Å²) in [5.74, 6) is -1.42. The van der Waals surface area contributed by atoms with Gasteiger partial charge in [-0.15, -0.1) is 0 Å². The molecule has 0 spiro atoms. The second kappa shape index (κ2) is 6.06. The second-order valence-electron chi connectivity index (χ2n) is 8.00. The molecule has 1 N–H and O–H groups in total. The number of nitriles is 1. The van der Waals surface area contributed by atoms with Gasteiger partial charge in [0.25, 0.3) is 0 Å². The first-order valence-electron chi connectivity index (χ1n) is 9.28. The van der Waals surface area contributed by atoms with Crippen molar-refractivity contribution in [1.82, 2.24) is 5.32 Å². The number of piperidine rings is 2. The maximum atomic E-state index is 13.3. The third-order valence-electron chi connectivity index (χ3n) is 6.45. The number of nitrogens with zero attached hydrogens (tertiary/aromatic N) is 1. The highest BCUT2D eigenvalue weighted by Crippen LogP contribution is 2.63. The van der Waals surface area contributed by atoms with Gasteiger partial charge in [-0.05, 0) is 31.4 Å². The average molecular weight is 358 g/mol. The van der Waals surface area contributed by atoms with Crippen molar-refractivity contribution in [2.75, 3.05) is 0 Å². The first kappa shape index (κ1) is 17.5. The molecule has 0 aromatic heterocycles. The quantitative estimate of drug-likeness (QED) is 0.912. The fraction of sp³-hybridized carbons (Fsp3) is 0.348. The van der Waals surface area contributed by atoms with Crippen molar-refractivity contribution < 1.29 is 9.59 Å². The molecule has 0 radical (unpaired) electrons. The van der Waals surface area contributed by atoms with Crippen LogP contribution in [0.4, 0.5) is 0 Å². The average Bonchev–Trinajstić information content (AvgIpc) is 2.67. The molecule has 5 atom stereocenters. The predicted octanol–water partition coefficient (Wildman–Crippen LogP) is 3.56. The van der Waals surface area contributed by atoms with Gasteiger partial charge in [-0.25, -0.2) is 0 Å². The Labute approximate surface area is 159 Å². The molecular formula is C23H22N2O2. The Hall–Kier alpha value is -2.93. The lowest BCUT2D eigenvalue weighted by Crippen LogP contribution is -2.73. The van der Waals surface area contributed by atoms with Crippen LogP contribution in [-0.2, 0) is 9.59 Å². The van der Waals surface area contributed by atoms with Crippen molar-refractivity contribution in [2.24, 2.45) is 11.3 Å². The SMILES string of the molecule is CC(=O)C1C(c2ccccc2)C2(C#N)C(=O)NC1(C)CC2c1ccccc1. The monoisotopic (exact) mass is 358 g/mol. The molecule has 1 amide bonds. The molecule has 136 valence electrons. The molecule has 1 aliphatic carbocycles. The number of ketones is 1. The molecule has 2 aromatic carbocycles. The van der Waals surface area contributed by atoms with Crippen LogP contribution in [-0.4, -0.2) is 17.2 Å². The minimum absolute atomic E-state index is 0.0116. The zero-order valence-electron chi connectivity index (χ0n) is 15.5. The molecule has 27 heavy (non-hydrogen) atoms. The standard InChI is InChI=1S/C23H22N2O2/c1-15(26)19-20(17-11-7-4-8-12-17)23(14-24)18(16-9-5-3-6-10-16)13-22(19,2)25-21(23)27/h3-12,18-20H,13H2,1-2H3,(H,25,27). The Balaban J connectivity index is 2.00. The Kier molecular flexibility index (Phi) is 3.92. The number of amides is 1. The van der Waals surface area contributed by atoms with E-state index in [-0.39, 0.29) is 17.6 Å². The normalized spacial score (nSPS) is 34.6. The highest BCUT2D eigenvalue weighted by atomic mass is 16.2. The summed E-state index contributed by atoms with van der Waals surface area (Å²) in [6, 6.07) is 21.7. The number of carbonyl (C=O) groups is 2. The van der Waals surface area contributed by atoms with E-state index < -0.39 is 22.8 Å². The number of Topliss-reactive ketones (excluding diaryl/α,β-unsaturated/α-hetero) is 1. The van der Waals surface area contributed by atoms with E-state index in [1.165, 1.54) is 0 Å². The number of hydrogen-bond donors (Lipinski definition) is 1. The van der Waals surface area contributed by atoms with Crippen LogP contribution < -0.4 is 5.32 Å². The van der Waals surface area contributed by atoms with Gasteiger partial charge in [0.05, 0.1) is 6.07 Å². The third kappa shape index (κ3) is 2.35. The summed E-state index contributed by atoms with van der Waals surface area (Å²) in [7, 11) is 0. The molecular weight excluding hydrogens is 336 g/mol. The summed E-state index contributed by atoms with van der Waals surface area (Å²) in [6.45, 7) is 3.52. The van der Waals surface area contributed by atoms with E-state index in [4.69, 9.17) is 0 Å². The van der Waals surface area contributed by atoms with Crippen molar-refractivity contribution in [1.29, 1.82) is 5.26 Å². The zero-order valence-corrected chi connectivity index (χ0v) is 15.5. The Morgan fingerprint density at radius 2 is 1.63 bits per heavy atom. The smallest absolute Gasteiger partial charge is 0.242 e. The molecule has 1 saturated carbocycles. The minimum Gasteiger partial charge on any atom is -0.349 e. The van der Waals surface area contributed by atoms with Gasteiger partial charge in [0, 0.05) is 23.3 Å². The Morgan fingerprint density at radius 3 is 2.15 bits per heavy atom. The number of rotatable bonds is 3. The molecule has 5 unspecified atom stereocenters. The number of hydrogen-bond acceptors (Lipinski definition) is 3. The number of fused-ring (bicyclic) bond motifs is 3. The van der Waals surface area contributed by atoms with Crippen LogP contribution in [0.1, 0.15) is 43.2 Å². The fourth-order valence-corrected chi connectivity index (χ4v) is 5.41. The molecule has 2 aliphatic heterocycles. The summed E-state index contributed by atoms with van der Waals surface area (Å²) in [4.78, 5) is 26.0. The molecule has 4 nitrogen and oxygen atoms in total. The van der Waals surface area contributed by atoms with E-state index >= 15 is 0 Å². The van der Waals surface area contributed by atoms with Gasteiger partial charge in [0.1, 0.15) is 11.2 Å². The summed E-state index contributed by atoms with van der Waals surface area (Å²) in [6.07, 6.45) is 0.573. The van der Waals surface area contributed by atoms with Crippen LogP contribution in [0.25, 0.3) is 0 Å². The Bertz CT molecular complexity index is 934. The molecule has 5 rings (SSSR count). The fourth-order valence-electron chi connectivity index (χ4n) is 5.41. The van der Waals surface area contributed by atoms with Crippen LogP contribution in [0.3, 0.4) is 0 Å². The van der Waals surface area contributed by atoms with Crippen molar-refractivity contribution in [2.45, 2.75) is 37.6 Å². The van der Waals surface area contributed by atoms with Crippen molar-refractivity contribution in [3.05, 3.63) is 71.8 Å². The zero-order chi connectivity index (χ0) is 19.2. The lowest BCUT2D eigenvalue weighted by atomic mass is 9.45. The van der Waals surface area contributed by atoms with Crippen molar-refractivity contribution >= 4 is 11.7 Å². The first-order valence-corrected chi connectivity index (χ1v) is 9.28. The van der Waals surface area contributed by atoms with Crippen molar-refractivity contribution in [3.63, 3.8) is 0 Å². The van der Waals surface area contributed by atoms with E-state index in [0.717, 1.165) is 11.1 Å². The van der Waals surface area contributed by atoms with E-state index in [2.05, 4.69) is 11.4 Å². The van der Waals surface area contributed by atoms with Gasteiger partial charge in [0.2, 0.25) is 5.91 Å². The number of carbonyl (C=O) groups excluding carboxylic acids is 2. The van der Waals surface area contributed by atoms with E-state index in [1.807, 2.05) is 67.6 Å². The van der Waals surface area contributed by atoms with Gasteiger partial charge in [-0.2, -0.15) is 5.26 Å². The maximum Gasteiger partial charge on any atom is 0.242 e. The second-order valence-corrected chi connectivity index (χ2v) is 8.00. The summed E-state index contributed by atoms with van der Waals surface area (Å²) >= 11 is 0. The topological polar surface area (TPSA) is 70.0 Å². The lowest BCUT2D eigenvalue weighted by Gasteiger charge is -2.60. The summed E-state index contributed by atoms with van der Waals surface area (Å²) < 4.78 is 0. The minimum atomic E-state index is -1.31. The van der Waals surface area contributed by atoms with E-state index in [9.17, 15) is 14.9 Å². The highest BCUT2D eigenvalue weighted by molar-refractivity contribution is 5.95. The molecule has 2 saturated heterocycles. The van der Waals surface area contributed by atoms with Crippen LogP contribution in [0.2, 0.25) is 0 Å². The first-order chi connectivity index (χ1) is 12.9. The maximum absolute atomic E-state index is 13.3. The van der Waals surface area contributed by atoms with Crippen molar-refractivity contribution in [3.8, 4) is 6.07 Å². The van der Waals surface area contributed by atoms with Gasteiger partial charge in [-0.1, -0.05) is 60.7 Å².